The minimum Gasteiger partial charge on any atom is -0.462 e. The minimum absolute atomic E-state index is 0.0660. The Morgan fingerprint density at radius 1 is 1.35 bits per heavy atom. The Balaban J connectivity index is 1.90. The number of hydrogen-bond acceptors (Lipinski definition) is 4. The predicted octanol–water partition coefficient (Wildman–Crippen LogP) is 2.95. The lowest BCUT2D eigenvalue weighted by Crippen LogP contribution is -2.22. The van der Waals surface area contributed by atoms with Crippen LogP contribution in [-0.2, 0) is 9.53 Å². The van der Waals surface area contributed by atoms with Crippen LogP contribution < -0.4 is 5.32 Å². The van der Waals surface area contributed by atoms with Crippen LogP contribution in [0.4, 0.5) is 5.69 Å². The molecule has 4 nitrogen and oxygen atoms in total. The smallest absolute Gasteiger partial charge is 0.338 e. The van der Waals surface area contributed by atoms with Gasteiger partial charge in [0.1, 0.15) is 0 Å². The maximum Gasteiger partial charge on any atom is 0.338 e. The van der Waals surface area contributed by atoms with E-state index >= 15 is 0 Å². The van der Waals surface area contributed by atoms with Gasteiger partial charge in [-0.15, -0.1) is 0 Å². The molecule has 0 radical (unpaired) electrons. The van der Waals surface area contributed by atoms with Gasteiger partial charge in [-0.05, 0) is 42.9 Å². The normalized spacial score (nSPS) is 17.8. The van der Waals surface area contributed by atoms with Crippen LogP contribution in [0.1, 0.15) is 30.1 Å². The molecule has 1 unspecified atom stereocenters. The third-order valence-electron chi connectivity index (χ3n) is 3.13. The van der Waals surface area contributed by atoms with Crippen LogP contribution in [-0.4, -0.2) is 30.0 Å². The molecule has 1 aliphatic rings. The molecule has 108 valence electrons. The lowest BCUT2D eigenvalue weighted by Gasteiger charge is -2.10. The van der Waals surface area contributed by atoms with Crippen LogP contribution in [0, 0.1) is 5.92 Å². The first-order valence-corrected chi connectivity index (χ1v) is 8.02. The van der Waals surface area contributed by atoms with Crippen molar-refractivity contribution < 1.29 is 14.3 Å². The second-order valence-corrected chi connectivity index (χ2v) is 5.91. The maximum absolute atomic E-state index is 12.0. The van der Waals surface area contributed by atoms with Gasteiger partial charge in [-0.3, -0.25) is 4.79 Å². The van der Waals surface area contributed by atoms with Gasteiger partial charge in [-0.1, -0.05) is 6.92 Å². The minimum atomic E-state index is -0.322. The second kappa shape index (κ2) is 7.33. The average Bonchev–Trinajstić information content (AvgIpc) is 3.00. The van der Waals surface area contributed by atoms with E-state index in [2.05, 4.69) is 5.32 Å². The van der Waals surface area contributed by atoms with Gasteiger partial charge in [0.2, 0.25) is 5.91 Å². The maximum atomic E-state index is 12.0. The van der Waals surface area contributed by atoms with E-state index in [0.29, 0.717) is 12.2 Å². The molecule has 2 rings (SSSR count). The summed E-state index contributed by atoms with van der Waals surface area (Å²) in [5.74, 6) is 1.80. The first-order valence-electron chi connectivity index (χ1n) is 6.86. The van der Waals surface area contributed by atoms with Crippen molar-refractivity contribution in [3.63, 3.8) is 0 Å². The number of ether oxygens (including phenoxy) is 1. The summed E-state index contributed by atoms with van der Waals surface area (Å²) in [5.41, 5.74) is 1.23. The summed E-state index contributed by atoms with van der Waals surface area (Å²) >= 11 is 1.81. The van der Waals surface area contributed by atoms with Crippen molar-refractivity contribution in [2.75, 3.05) is 23.4 Å². The van der Waals surface area contributed by atoms with Crippen LogP contribution >= 0.6 is 11.8 Å². The van der Waals surface area contributed by atoms with Crippen molar-refractivity contribution in [3.8, 4) is 0 Å². The molecule has 1 aromatic rings. The highest BCUT2D eigenvalue weighted by Crippen LogP contribution is 2.24. The van der Waals surface area contributed by atoms with E-state index in [1.54, 1.807) is 24.3 Å². The lowest BCUT2D eigenvalue weighted by molar-refractivity contribution is -0.119. The molecule has 1 saturated heterocycles. The molecule has 0 bridgehead atoms. The molecule has 1 heterocycles. The largest absolute Gasteiger partial charge is 0.462 e. The van der Waals surface area contributed by atoms with E-state index in [4.69, 9.17) is 4.74 Å². The number of thioether (sulfide) groups is 1. The molecule has 1 atom stereocenters. The Morgan fingerprint density at radius 2 is 2.10 bits per heavy atom. The molecule has 1 fully saturated rings. The van der Waals surface area contributed by atoms with E-state index in [1.165, 1.54) is 0 Å². The zero-order valence-electron chi connectivity index (χ0n) is 11.6. The third kappa shape index (κ3) is 4.00. The highest BCUT2D eigenvalue weighted by atomic mass is 32.2. The van der Waals surface area contributed by atoms with Gasteiger partial charge in [0.25, 0.3) is 0 Å². The first-order chi connectivity index (χ1) is 9.70. The zero-order chi connectivity index (χ0) is 14.4. The summed E-state index contributed by atoms with van der Waals surface area (Å²) in [4.78, 5) is 23.6. The SMILES string of the molecule is CCCOC(=O)c1ccc(NC(=O)C2CCSC2)cc1. The third-order valence-corrected chi connectivity index (χ3v) is 4.29. The monoisotopic (exact) mass is 293 g/mol. The van der Waals surface area contributed by atoms with Crippen LogP contribution in [0.25, 0.3) is 0 Å². The molecule has 20 heavy (non-hydrogen) atoms. The fraction of sp³-hybridized carbons (Fsp3) is 0.467. The summed E-state index contributed by atoms with van der Waals surface area (Å²) in [6.45, 7) is 2.38. The van der Waals surface area contributed by atoms with Crippen LogP contribution in [0.2, 0.25) is 0 Å². The van der Waals surface area contributed by atoms with Gasteiger partial charge < -0.3 is 10.1 Å². The fourth-order valence-electron chi connectivity index (χ4n) is 1.95. The molecular weight excluding hydrogens is 274 g/mol. The van der Waals surface area contributed by atoms with Gasteiger partial charge in [-0.25, -0.2) is 4.79 Å². The molecule has 5 heteroatoms. The van der Waals surface area contributed by atoms with Crippen molar-refractivity contribution in [2.45, 2.75) is 19.8 Å². The Morgan fingerprint density at radius 3 is 2.70 bits per heavy atom. The number of nitrogens with one attached hydrogen (secondary N) is 1. The Hall–Kier alpha value is -1.49. The Labute approximate surface area is 123 Å². The summed E-state index contributed by atoms with van der Waals surface area (Å²) in [6.07, 6.45) is 1.75. The highest BCUT2D eigenvalue weighted by Gasteiger charge is 2.23. The number of esters is 1. The Kier molecular flexibility index (Phi) is 5.47. The molecule has 0 aliphatic carbocycles. The van der Waals surface area contributed by atoms with Gasteiger partial charge in [0.05, 0.1) is 12.2 Å². The first kappa shape index (κ1) is 14.9. The standard InChI is InChI=1S/C15H19NO3S/c1-2-8-19-15(18)11-3-5-13(6-4-11)16-14(17)12-7-9-20-10-12/h3-6,12H,2,7-10H2,1H3,(H,16,17). The van der Waals surface area contributed by atoms with Crippen LogP contribution in [0.5, 0.6) is 0 Å². The van der Waals surface area contributed by atoms with E-state index in [9.17, 15) is 9.59 Å². The molecule has 0 aromatic heterocycles. The van der Waals surface area contributed by atoms with Crippen molar-refractivity contribution in [1.82, 2.24) is 0 Å². The molecule has 0 spiro atoms. The van der Waals surface area contributed by atoms with Gasteiger partial charge >= 0.3 is 5.97 Å². The summed E-state index contributed by atoms with van der Waals surface area (Å²) < 4.78 is 5.05. The summed E-state index contributed by atoms with van der Waals surface area (Å²) in [5, 5.41) is 2.89. The molecule has 0 saturated carbocycles. The van der Waals surface area contributed by atoms with Crippen molar-refractivity contribution in [2.24, 2.45) is 5.92 Å². The number of carbonyl (C=O) groups excluding carboxylic acids is 2. The number of carbonyl (C=O) groups is 2. The van der Waals surface area contributed by atoms with E-state index in [1.807, 2.05) is 18.7 Å². The van der Waals surface area contributed by atoms with Crippen LogP contribution in [0.15, 0.2) is 24.3 Å². The molecule has 1 aromatic carbocycles. The number of benzene rings is 1. The number of hydrogen-bond donors (Lipinski definition) is 1. The molecule has 1 amide bonds. The predicted molar refractivity (Wildman–Crippen MR) is 81.1 cm³/mol. The van der Waals surface area contributed by atoms with E-state index < -0.39 is 0 Å². The van der Waals surface area contributed by atoms with Gasteiger partial charge in [0.15, 0.2) is 0 Å². The van der Waals surface area contributed by atoms with Crippen LogP contribution in [0.3, 0.4) is 0 Å². The lowest BCUT2D eigenvalue weighted by atomic mass is 10.1. The highest BCUT2D eigenvalue weighted by molar-refractivity contribution is 7.99. The van der Waals surface area contributed by atoms with E-state index in [0.717, 1.165) is 30.0 Å². The number of amides is 1. The quantitative estimate of drug-likeness (QED) is 0.848. The zero-order valence-corrected chi connectivity index (χ0v) is 12.4. The van der Waals surface area contributed by atoms with Crippen molar-refractivity contribution in [3.05, 3.63) is 29.8 Å². The fourth-order valence-corrected chi connectivity index (χ4v) is 3.17. The average molecular weight is 293 g/mol. The van der Waals surface area contributed by atoms with E-state index in [-0.39, 0.29) is 17.8 Å². The molecule has 1 N–H and O–H groups in total. The van der Waals surface area contributed by atoms with Crippen molar-refractivity contribution in [1.29, 1.82) is 0 Å². The Bertz CT molecular complexity index is 467. The molecular formula is C15H19NO3S. The van der Waals surface area contributed by atoms with Gasteiger partial charge in [0, 0.05) is 17.4 Å². The van der Waals surface area contributed by atoms with Crippen molar-refractivity contribution >= 4 is 29.3 Å². The number of anilines is 1. The number of rotatable bonds is 5. The van der Waals surface area contributed by atoms with Gasteiger partial charge in [-0.2, -0.15) is 11.8 Å². The summed E-state index contributed by atoms with van der Waals surface area (Å²) in [7, 11) is 0. The second-order valence-electron chi connectivity index (χ2n) is 4.76. The molecule has 1 aliphatic heterocycles. The summed E-state index contributed by atoms with van der Waals surface area (Å²) in [6, 6.07) is 6.83. The topological polar surface area (TPSA) is 55.4 Å².